The quantitative estimate of drug-likeness (QED) is 0.761. The van der Waals surface area contributed by atoms with Crippen LogP contribution in [0.25, 0.3) is 0 Å². The molecule has 0 fully saturated rings. The molecular weight excluding hydrogens is 190 g/mol. The molecule has 14 heavy (non-hydrogen) atoms. The van der Waals surface area contributed by atoms with Gasteiger partial charge in [-0.05, 0) is 43.7 Å². The minimum atomic E-state index is 0.604. The van der Waals surface area contributed by atoms with Gasteiger partial charge in [0.15, 0.2) is 0 Å². The van der Waals surface area contributed by atoms with Gasteiger partial charge in [-0.2, -0.15) is 0 Å². The van der Waals surface area contributed by atoms with Gasteiger partial charge in [-0.3, -0.25) is 0 Å². The molecule has 0 saturated heterocycles. The number of rotatable bonds is 6. The minimum absolute atomic E-state index is 0.604. The second-order valence-electron chi connectivity index (χ2n) is 4.32. The highest BCUT2D eigenvalue weighted by Crippen LogP contribution is 2.10. The Balaban J connectivity index is 2.13. The Morgan fingerprint density at radius 3 is 2.71 bits per heavy atom. The third-order valence-corrected chi connectivity index (χ3v) is 3.20. The molecule has 2 heteroatoms. The molecule has 0 spiro atoms. The molecule has 0 aromatic carbocycles. The maximum atomic E-state index is 3.56. The van der Waals surface area contributed by atoms with Crippen LogP contribution in [-0.4, -0.2) is 12.6 Å². The molecule has 1 nitrogen and oxygen atoms in total. The Kier molecular flexibility index (Phi) is 5.20. The first-order valence-corrected chi connectivity index (χ1v) is 6.32. The van der Waals surface area contributed by atoms with Crippen LogP contribution >= 0.6 is 11.3 Å². The molecule has 0 radical (unpaired) electrons. The fourth-order valence-corrected chi connectivity index (χ4v) is 2.26. The predicted molar refractivity (Wildman–Crippen MR) is 64.9 cm³/mol. The van der Waals surface area contributed by atoms with E-state index in [1.54, 1.807) is 0 Å². The molecule has 0 bridgehead atoms. The summed E-state index contributed by atoms with van der Waals surface area (Å²) in [6.45, 7) is 7.95. The molecule has 1 aromatic heterocycles. The van der Waals surface area contributed by atoms with E-state index in [-0.39, 0.29) is 0 Å². The van der Waals surface area contributed by atoms with E-state index in [0.717, 1.165) is 18.9 Å². The van der Waals surface area contributed by atoms with Crippen LogP contribution < -0.4 is 5.32 Å². The van der Waals surface area contributed by atoms with Gasteiger partial charge in [0, 0.05) is 10.9 Å². The van der Waals surface area contributed by atoms with Gasteiger partial charge in [0.05, 0.1) is 0 Å². The van der Waals surface area contributed by atoms with E-state index in [0.29, 0.717) is 6.04 Å². The molecule has 80 valence electrons. The van der Waals surface area contributed by atoms with Crippen molar-refractivity contribution < 1.29 is 0 Å². The van der Waals surface area contributed by atoms with Crippen LogP contribution in [0.2, 0.25) is 0 Å². The molecule has 0 aliphatic rings. The molecule has 0 amide bonds. The SMILES string of the molecule is CC(C)CCNC(C)Cc1cccs1. The fourth-order valence-electron chi connectivity index (χ4n) is 1.42. The van der Waals surface area contributed by atoms with Crippen LogP contribution in [0, 0.1) is 5.92 Å². The lowest BCUT2D eigenvalue weighted by atomic mass is 10.1. The van der Waals surface area contributed by atoms with Gasteiger partial charge in [0.25, 0.3) is 0 Å². The highest BCUT2D eigenvalue weighted by atomic mass is 32.1. The summed E-state index contributed by atoms with van der Waals surface area (Å²) >= 11 is 1.85. The average molecular weight is 211 g/mol. The van der Waals surface area contributed by atoms with Crippen LogP contribution in [0.5, 0.6) is 0 Å². The number of hydrogen-bond donors (Lipinski definition) is 1. The van der Waals surface area contributed by atoms with Gasteiger partial charge < -0.3 is 5.32 Å². The summed E-state index contributed by atoms with van der Waals surface area (Å²) in [5.74, 6) is 0.802. The first-order valence-electron chi connectivity index (χ1n) is 5.44. The van der Waals surface area contributed by atoms with Crippen LogP contribution in [0.1, 0.15) is 32.1 Å². The fraction of sp³-hybridized carbons (Fsp3) is 0.667. The van der Waals surface area contributed by atoms with E-state index in [9.17, 15) is 0 Å². The molecule has 1 aromatic rings. The summed E-state index contributed by atoms with van der Waals surface area (Å²) in [5, 5.41) is 5.71. The smallest absolute Gasteiger partial charge is 0.00870 e. The number of hydrogen-bond acceptors (Lipinski definition) is 2. The number of nitrogens with one attached hydrogen (secondary N) is 1. The van der Waals surface area contributed by atoms with Crippen LogP contribution in [0.4, 0.5) is 0 Å². The predicted octanol–water partition coefficient (Wildman–Crippen LogP) is 3.31. The van der Waals surface area contributed by atoms with Crippen LogP contribution in [0.15, 0.2) is 17.5 Å². The standard InChI is InChI=1S/C12H21NS/c1-10(2)6-7-13-11(3)9-12-5-4-8-14-12/h4-5,8,10-11,13H,6-7,9H2,1-3H3. The maximum Gasteiger partial charge on any atom is 0.00870 e. The van der Waals surface area contributed by atoms with Crippen molar-refractivity contribution >= 4 is 11.3 Å². The second-order valence-corrected chi connectivity index (χ2v) is 5.35. The van der Waals surface area contributed by atoms with Crippen molar-refractivity contribution in [1.29, 1.82) is 0 Å². The number of thiophene rings is 1. The Hall–Kier alpha value is -0.340. The van der Waals surface area contributed by atoms with Gasteiger partial charge in [0.1, 0.15) is 0 Å². The van der Waals surface area contributed by atoms with Crippen molar-refractivity contribution in [1.82, 2.24) is 5.32 Å². The van der Waals surface area contributed by atoms with E-state index >= 15 is 0 Å². The molecule has 0 aliphatic heterocycles. The van der Waals surface area contributed by atoms with Crippen molar-refractivity contribution in [3.8, 4) is 0 Å². The Bertz CT molecular complexity index is 228. The van der Waals surface area contributed by atoms with Crippen molar-refractivity contribution in [3.63, 3.8) is 0 Å². The molecule has 1 rings (SSSR count). The van der Waals surface area contributed by atoms with Crippen LogP contribution in [0.3, 0.4) is 0 Å². The monoisotopic (exact) mass is 211 g/mol. The summed E-state index contributed by atoms with van der Waals surface area (Å²) in [4.78, 5) is 1.48. The van der Waals surface area contributed by atoms with Gasteiger partial charge in [-0.25, -0.2) is 0 Å². The van der Waals surface area contributed by atoms with Gasteiger partial charge in [-0.1, -0.05) is 19.9 Å². The van der Waals surface area contributed by atoms with E-state index in [1.807, 2.05) is 11.3 Å². The lowest BCUT2D eigenvalue weighted by molar-refractivity contribution is 0.487. The summed E-state index contributed by atoms with van der Waals surface area (Å²) < 4.78 is 0. The molecule has 0 aliphatic carbocycles. The first-order chi connectivity index (χ1) is 6.68. The zero-order valence-corrected chi connectivity index (χ0v) is 10.2. The Labute approximate surface area is 91.5 Å². The molecule has 1 atom stereocenters. The normalized spacial score (nSPS) is 13.4. The third kappa shape index (κ3) is 4.77. The first kappa shape index (κ1) is 11.7. The minimum Gasteiger partial charge on any atom is -0.314 e. The molecule has 1 heterocycles. The van der Waals surface area contributed by atoms with Gasteiger partial charge >= 0.3 is 0 Å². The Morgan fingerprint density at radius 2 is 2.14 bits per heavy atom. The van der Waals surface area contributed by atoms with E-state index in [1.165, 1.54) is 11.3 Å². The summed E-state index contributed by atoms with van der Waals surface area (Å²) in [6, 6.07) is 4.94. The van der Waals surface area contributed by atoms with Crippen molar-refractivity contribution in [2.45, 2.75) is 39.7 Å². The largest absolute Gasteiger partial charge is 0.314 e. The van der Waals surface area contributed by atoms with Crippen molar-refractivity contribution in [3.05, 3.63) is 22.4 Å². The molecule has 1 N–H and O–H groups in total. The molecule has 0 saturated carbocycles. The lowest BCUT2D eigenvalue weighted by Gasteiger charge is -2.13. The highest BCUT2D eigenvalue weighted by molar-refractivity contribution is 7.09. The summed E-state index contributed by atoms with van der Waals surface area (Å²) in [5.41, 5.74) is 0. The lowest BCUT2D eigenvalue weighted by Crippen LogP contribution is -2.29. The zero-order valence-electron chi connectivity index (χ0n) is 9.42. The molecule has 1 unspecified atom stereocenters. The van der Waals surface area contributed by atoms with E-state index in [4.69, 9.17) is 0 Å². The van der Waals surface area contributed by atoms with Gasteiger partial charge in [-0.15, -0.1) is 11.3 Å². The van der Waals surface area contributed by atoms with Crippen molar-refractivity contribution in [2.75, 3.05) is 6.54 Å². The summed E-state index contributed by atoms with van der Waals surface area (Å²) in [6.07, 6.45) is 2.44. The van der Waals surface area contributed by atoms with E-state index in [2.05, 4.69) is 43.6 Å². The van der Waals surface area contributed by atoms with Gasteiger partial charge in [0.2, 0.25) is 0 Å². The zero-order chi connectivity index (χ0) is 10.4. The Morgan fingerprint density at radius 1 is 1.36 bits per heavy atom. The topological polar surface area (TPSA) is 12.0 Å². The van der Waals surface area contributed by atoms with E-state index < -0.39 is 0 Å². The second kappa shape index (κ2) is 6.20. The van der Waals surface area contributed by atoms with Crippen LogP contribution in [-0.2, 0) is 6.42 Å². The van der Waals surface area contributed by atoms with Crippen molar-refractivity contribution in [2.24, 2.45) is 5.92 Å². The maximum absolute atomic E-state index is 3.56. The molecular formula is C12H21NS. The average Bonchev–Trinajstić information content (AvgIpc) is 2.56. The highest BCUT2D eigenvalue weighted by Gasteiger charge is 2.03. The third-order valence-electron chi connectivity index (χ3n) is 2.30. The summed E-state index contributed by atoms with van der Waals surface area (Å²) in [7, 11) is 0.